The van der Waals surface area contributed by atoms with E-state index in [9.17, 15) is 9.59 Å². The van der Waals surface area contributed by atoms with Crippen LogP contribution >= 0.6 is 11.8 Å². The lowest BCUT2D eigenvalue weighted by Gasteiger charge is -2.21. The van der Waals surface area contributed by atoms with Gasteiger partial charge in [0.1, 0.15) is 18.1 Å². The Morgan fingerprint density at radius 2 is 2.04 bits per heavy atom. The molecule has 1 aromatic carbocycles. The molecule has 0 aliphatic rings. The first-order valence-corrected chi connectivity index (χ1v) is 10.3. The second-order valence-corrected chi connectivity index (χ2v) is 6.89. The minimum Gasteiger partial charge on any atom is -0.494 e. The van der Waals surface area contributed by atoms with Gasteiger partial charge < -0.3 is 24.9 Å². The van der Waals surface area contributed by atoms with Crippen LogP contribution in [-0.4, -0.2) is 57.1 Å². The number of amides is 1. The molecule has 7 heteroatoms. The Labute approximate surface area is 166 Å². The summed E-state index contributed by atoms with van der Waals surface area (Å²) in [6.07, 6.45) is 4.63. The largest absolute Gasteiger partial charge is 0.494 e. The third kappa shape index (κ3) is 10.1. The maximum atomic E-state index is 12.5. The molecule has 0 fully saturated rings. The lowest BCUT2D eigenvalue weighted by atomic mass is 10.0. The van der Waals surface area contributed by atoms with E-state index < -0.39 is 6.04 Å². The fourth-order valence-electron chi connectivity index (χ4n) is 2.39. The molecule has 27 heavy (non-hydrogen) atoms. The van der Waals surface area contributed by atoms with Crippen LogP contribution in [0.25, 0.3) is 0 Å². The van der Waals surface area contributed by atoms with Crippen molar-refractivity contribution < 1.29 is 19.1 Å². The molecule has 0 radical (unpaired) electrons. The molecule has 1 amide bonds. The monoisotopic (exact) mass is 394 g/mol. The van der Waals surface area contributed by atoms with Gasteiger partial charge in [-0.2, -0.15) is 11.8 Å². The average Bonchev–Trinajstić information content (AvgIpc) is 2.66. The molecule has 0 unspecified atom stereocenters. The van der Waals surface area contributed by atoms with Crippen LogP contribution in [0.4, 0.5) is 0 Å². The number of carbonyl (C=O) groups excluding carboxylic acids is 2. The molecule has 0 aliphatic carbocycles. The summed E-state index contributed by atoms with van der Waals surface area (Å²) in [5.74, 6) is 1.42. The van der Waals surface area contributed by atoms with Crippen LogP contribution < -0.4 is 15.4 Å². The molecule has 0 saturated heterocycles. The number of hydrogen-bond donors (Lipinski definition) is 2. The summed E-state index contributed by atoms with van der Waals surface area (Å²) in [6.45, 7) is 5.44. The molecular formula is C20H30N2O4S. The number of nitrogens with one attached hydrogen (secondary N) is 2. The maximum absolute atomic E-state index is 12.5. The van der Waals surface area contributed by atoms with Gasteiger partial charge in [0.2, 0.25) is 5.91 Å². The number of aldehydes is 1. The molecule has 150 valence electrons. The van der Waals surface area contributed by atoms with Gasteiger partial charge in [-0.15, -0.1) is 0 Å². The zero-order valence-corrected chi connectivity index (χ0v) is 17.0. The lowest BCUT2D eigenvalue weighted by molar-refractivity contribution is -0.123. The summed E-state index contributed by atoms with van der Waals surface area (Å²) < 4.78 is 10.6. The van der Waals surface area contributed by atoms with Crippen LogP contribution in [0.5, 0.6) is 5.75 Å². The first kappa shape index (κ1) is 23.0. The van der Waals surface area contributed by atoms with Crippen LogP contribution in [0.15, 0.2) is 36.5 Å². The van der Waals surface area contributed by atoms with Crippen LogP contribution in [0.3, 0.4) is 0 Å². The van der Waals surface area contributed by atoms with Crippen molar-refractivity contribution in [3.63, 3.8) is 0 Å². The Morgan fingerprint density at radius 3 is 2.67 bits per heavy atom. The van der Waals surface area contributed by atoms with Gasteiger partial charge in [-0.25, -0.2) is 0 Å². The number of unbranched alkanes of at least 4 members (excludes halogenated alkanes) is 1. The molecule has 0 spiro atoms. The zero-order valence-electron chi connectivity index (χ0n) is 16.2. The first-order chi connectivity index (χ1) is 13.1. The van der Waals surface area contributed by atoms with Gasteiger partial charge in [0, 0.05) is 37.9 Å². The molecule has 0 saturated carbocycles. The van der Waals surface area contributed by atoms with E-state index in [1.807, 2.05) is 30.5 Å². The molecule has 1 rings (SSSR count). The Bertz CT molecular complexity index is 578. The fourth-order valence-corrected chi connectivity index (χ4v) is 2.82. The average molecular weight is 395 g/mol. The fraction of sp³-hybridized carbons (Fsp3) is 0.500. The van der Waals surface area contributed by atoms with Gasteiger partial charge in [0.25, 0.3) is 0 Å². The molecule has 0 bridgehead atoms. The van der Waals surface area contributed by atoms with Gasteiger partial charge in [-0.05, 0) is 30.4 Å². The van der Waals surface area contributed by atoms with Crippen molar-refractivity contribution in [2.45, 2.75) is 25.3 Å². The van der Waals surface area contributed by atoms with Crippen molar-refractivity contribution in [1.82, 2.24) is 10.6 Å². The van der Waals surface area contributed by atoms with E-state index >= 15 is 0 Å². The number of benzene rings is 1. The molecule has 1 aromatic rings. The summed E-state index contributed by atoms with van der Waals surface area (Å²) in [5.41, 5.74) is 1.84. The van der Waals surface area contributed by atoms with E-state index in [-0.39, 0.29) is 5.91 Å². The minimum absolute atomic E-state index is 0.0801. The molecule has 0 aromatic heterocycles. The smallest absolute Gasteiger partial charge is 0.242 e. The van der Waals surface area contributed by atoms with Crippen LogP contribution in [0.2, 0.25) is 0 Å². The Hall–Kier alpha value is -1.99. The summed E-state index contributed by atoms with van der Waals surface area (Å²) in [4.78, 5) is 22.8. The second-order valence-electron chi connectivity index (χ2n) is 6.02. The van der Waals surface area contributed by atoms with Gasteiger partial charge >= 0.3 is 0 Å². The molecule has 2 N–H and O–H groups in total. The number of thioether (sulfide) groups is 1. The van der Waals surface area contributed by atoms with Crippen molar-refractivity contribution in [3.8, 4) is 5.75 Å². The highest BCUT2D eigenvalue weighted by Gasteiger charge is 2.19. The van der Waals surface area contributed by atoms with Crippen LogP contribution in [0, 0.1) is 0 Å². The predicted octanol–water partition coefficient (Wildman–Crippen LogP) is 2.18. The molecule has 0 heterocycles. The van der Waals surface area contributed by atoms with Crippen molar-refractivity contribution in [2.75, 3.05) is 38.9 Å². The number of ether oxygens (including phenoxy) is 2. The number of methoxy groups -OCH3 is 1. The SMILES string of the molecule is C=C(CSC)N[C@@H](Cc1ccc(OCCCC=O)cc1)C(=O)NCCOC. The van der Waals surface area contributed by atoms with Crippen molar-refractivity contribution in [1.29, 1.82) is 0 Å². The predicted molar refractivity (Wildman–Crippen MR) is 110 cm³/mol. The third-order valence-corrected chi connectivity index (χ3v) is 4.35. The van der Waals surface area contributed by atoms with Crippen molar-refractivity contribution in [2.24, 2.45) is 0 Å². The highest BCUT2D eigenvalue weighted by atomic mass is 32.2. The van der Waals surface area contributed by atoms with Gasteiger partial charge in [0.15, 0.2) is 0 Å². The van der Waals surface area contributed by atoms with E-state index in [2.05, 4.69) is 17.2 Å². The van der Waals surface area contributed by atoms with E-state index in [0.29, 0.717) is 39.0 Å². The highest BCUT2D eigenvalue weighted by Crippen LogP contribution is 2.14. The first-order valence-electron chi connectivity index (χ1n) is 8.96. The summed E-state index contributed by atoms with van der Waals surface area (Å²) in [7, 11) is 1.60. The minimum atomic E-state index is -0.402. The Morgan fingerprint density at radius 1 is 1.30 bits per heavy atom. The summed E-state index contributed by atoms with van der Waals surface area (Å²) >= 11 is 1.65. The molecule has 1 atom stereocenters. The number of carbonyl (C=O) groups is 2. The van der Waals surface area contributed by atoms with Crippen molar-refractivity contribution in [3.05, 3.63) is 42.1 Å². The van der Waals surface area contributed by atoms with Gasteiger partial charge in [-0.3, -0.25) is 4.79 Å². The number of rotatable bonds is 15. The topological polar surface area (TPSA) is 76.7 Å². The van der Waals surface area contributed by atoms with E-state index in [0.717, 1.165) is 29.0 Å². The molecule has 0 aliphatic heterocycles. The van der Waals surface area contributed by atoms with E-state index in [1.165, 1.54) is 0 Å². The Balaban J connectivity index is 2.65. The van der Waals surface area contributed by atoms with Gasteiger partial charge in [-0.1, -0.05) is 18.7 Å². The highest BCUT2D eigenvalue weighted by molar-refractivity contribution is 7.98. The van der Waals surface area contributed by atoms with E-state index in [1.54, 1.807) is 18.9 Å². The second kappa shape index (κ2) is 14.1. The standard InChI is InChI=1S/C20H30N2O4S/c1-16(15-27-3)22-19(20(24)21-10-13-25-2)14-17-6-8-18(9-7-17)26-12-5-4-11-23/h6-9,11,19,22H,1,4-5,10,12-15H2,2-3H3,(H,21,24)/t19-/m0/s1. The normalized spacial score (nSPS) is 11.5. The maximum Gasteiger partial charge on any atom is 0.242 e. The quantitative estimate of drug-likeness (QED) is 0.351. The lowest BCUT2D eigenvalue weighted by Crippen LogP contribution is -2.46. The third-order valence-electron chi connectivity index (χ3n) is 3.72. The van der Waals surface area contributed by atoms with E-state index in [4.69, 9.17) is 9.47 Å². The van der Waals surface area contributed by atoms with Crippen molar-refractivity contribution >= 4 is 24.0 Å². The number of hydrogen-bond acceptors (Lipinski definition) is 6. The van der Waals surface area contributed by atoms with Crippen LogP contribution in [-0.2, 0) is 20.7 Å². The summed E-state index contributed by atoms with van der Waals surface area (Å²) in [6, 6.07) is 7.26. The zero-order chi connectivity index (χ0) is 19.9. The molecular weight excluding hydrogens is 364 g/mol. The van der Waals surface area contributed by atoms with Gasteiger partial charge in [0.05, 0.1) is 13.2 Å². The Kier molecular flexibility index (Phi) is 12.1. The molecule has 6 nitrogen and oxygen atoms in total. The van der Waals surface area contributed by atoms with Crippen LogP contribution in [0.1, 0.15) is 18.4 Å². The summed E-state index contributed by atoms with van der Waals surface area (Å²) in [5, 5.41) is 6.10.